The molecular weight excluding hydrogens is 314 g/mol. The molecule has 0 aromatic heterocycles. The predicted molar refractivity (Wildman–Crippen MR) is 104 cm³/mol. The summed E-state index contributed by atoms with van der Waals surface area (Å²) in [5, 5.41) is 3.18. The Balaban J connectivity index is 2.00. The van der Waals surface area contributed by atoms with Crippen LogP contribution in [-0.2, 0) is 16.1 Å². The highest BCUT2D eigenvalue weighted by atomic mass is 16.5. The van der Waals surface area contributed by atoms with E-state index in [4.69, 9.17) is 14.2 Å². The minimum atomic E-state index is 0.684. The number of rotatable bonds is 17. The van der Waals surface area contributed by atoms with Gasteiger partial charge in [0.1, 0.15) is 5.75 Å². The molecule has 0 atom stereocenters. The standard InChI is InChI=1S/C21H37NO3/c1-22-15-7-3-4-10-18-25-21-13-11-20(12-14-21)19-24-17-9-6-5-8-16-23-2/h11-14,22H,3-10,15-19H2,1-2H3. The van der Waals surface area contributed by atoms with Crippen molar-refractivity contribution >= 4 is 0 Å². The van der Waals surface area contributed by atoms with E-state index in [0.717, 1.165) is 51.4 Å². The van der Waals surface area contributed by atoms with E-state index in [0.29, 0.717) is 6.61 Å². The van der Waals surface area contributed by atoms with Gasteiger partial charge in [-0.1, -0.05) is 37.8 Å². The molecule has 4 nitrogen and oxygen atoms in total. The minimum Gasteiger partial charge on any atom is -0.494 e. The second-order valence-corrected chi connectivity index (χ2v) is 6.47. The number of benzene rings is 1. The largest absolute Gasteiger partial charge is 0.494 e. The van der Waals surface area contributed by atoms with E-state index < -0.39 is 0 Å². The van der Waals surface area contributed by atoms with Crippen LogP contribution >= 0.6 is 0 Å². The van der Waals surface area contributed by atoms with E-state index in [2.05, 4.69) is 17.4 Å². The number of unbranched alkanes of at least 4 members (excludes halogenated alkanes) is 6. The number of methoxy groups -OCH3 is 1. The number of hydrogen-bond acceptors (Lipinski definition) is 4. The Kier molecular flexibility index (Phi) is 14.4. The molecule has 4 heteroatoms. The van der Waals surface area contributed by atoms with Crippen molar-refractivity contribution in [1.29, 1.82) is 0 Å². The highest BCUT2D eigenvalue weighted by Crippen LogP contribution is 2.14. The molecule has 1 aromatic carbocycles. The summed E-state index contributed by atoms with van der Waals surface area (Å²) in [6, 6.07) is 8.29. The molecule has 0 spiro atoms. The summed E-state index contributed by atoms with van der Waals surface area (Å²) in [6.07, 6.45) is 9.58. The molecule has 25 heavy (non-hydrogen) atoms. The Morgan fingerprint density at radius 2 is 1.40 bits per heavy atom. The SMILES string of the molecule is CNCCCCCCOc1ccc(COCCCCCCOC)cc1. The lowest BCUT2D eigenvalue weighted by Gasteiger charge is -2.08. The van der Waals surface area contributed by atoms with Gasteiger partial charge >= 0.3 is 0 Å². The van der Waals surface area contributed by atoms with Crippen molar-refractivity contribution in [3.8, 4) is 5.75 Å². The minimum absolute atomic E-state index is 0.684. The number of ether oxygens (including phenoxy) is 3. The average molecular weight is 352 g/mol. The molecule has 0 radical (unpaired) electrons. The van der Waals surface area contributed by atoms with Gasteiger partial charge in [-0.25, -0.2) is 0 Å². The van der Waals surface area contributed by atoms with Crippen LogP contribution in [0.1, 0.15) is 56.9 Å². The monoisotopic (exact) mass is 351 g/mol. The first-order chi connectivity index (χ1) is 12.4. The van der Waals surface area contributed by atoms with Crippen LogP contribution in [0, 0.1) is 0 Å². The van der Waals surface area contributed by atoms with Crippen molar-refractivity contribution in [2.45, 2.75) is 58.0 Å². The third-order valence-corrected chi connectivity index (χ3v) is 4.17. The van der Waals surface area contributed by atoms with Crippen LogP contribution in [0.3, 0.4) is 0 Å². The summed E-state index contributed by atoms with van der Waals surface area (Å²) >= 11 is 0. The van der Waals surface area contributed by atoms with Gasteiger partial charge < -0.3 is 19.5 Å². The third-order valence-electron chi connectivity index (χ3n) is 4.17. The lowest BCUT2D eigenvalue weighted by atomic mass is 10.2. The van der Waals surface area contributed by atoms with Crippen molar-refractivity contribution in [2.75, 3.05) is 40.5 Å². The maximum absolute atomic E-state index is 5.79. The molecule has 1 aromatic rings. The topological polar surface area (TPSA) is 39.7 Å². The van der Waals surface area contributed by atoms with Gasteiger partial charge in [0.2, 0.25) is 0 Å². The van der Waals surface area contributed by atoms with Gasteiger partial charge in [0, 0.05) is 20.3 Å². The van der Waals surface area contributed by atoms with E-state index in [1.54, 1.807) is 7.11 Å². The molecule has 0 unspecified atom stereocenters. The summed E-state index contributed by atoms with van der Waals surface area (Å²) in [5.74, 6) is 0.956. The quantitative estimate of drug-likeness (QED) is 0.417. The van der Waals surface area contributed by atoms with Gasteiger partial charge in [-0.05, 0) is 57.0 Å². The molecule has 0 aliphatic rings. The molecule has 0 fully saturated rings. The Hall–Kier alpha value is -1.10. The smallest absolute Gasteiger partial charge is 0.119 e. The van der Waals surface area contributed by atoms with Crippen LogP contribution in [0.2, 0.25) is 0 Å². The van der Waals surface area contributed by atoms with Crippen LogP contribution in [0.25, 0.3) is 0 Å². The lowest BCUT2D eigenvalue weighted by Crippen LogP contribution is -2.07. The highest BCUT2D eigenvalue weighted by Gasteiger charge is 1.98. The summed E-state index contributed by atoms with van der Waals surface area (Å²) in [6.45, 7) is 4.30. The van der Waals surface area contributed by atoms with Gasteiger partial charge in [-0.15, -0.1) is 0 Å². The second kappa shape index (κ2) is 16.4. The normalized spacial score (nSPS) is 11.0. The first kappa shape index (κ1) is 21.9. The van der Waals surface area contributed by atoms with Crippen molar-refractivity contribution < 1.29 is 14.2 Å². The van der Waals surface area contributed by atoms with E-state index in [9.17, 15) is 0 Å². The molecule has 1 N–H and O–H groups in total. The van der Waals surface area contributed by atoms with E-state index in [-0.39, 0.29) is 0 Å². The molecule has 0 aliphatic carbocycles. The van der Waals surface area contributed by atoms with E-state index >= 15 is 0 Å². The Bertz CT molecular complexity index is 395. The summed E-state index contributed by atoms with van der Waals surface area (Å²) in [4.78, 5) is 0. The first-order valence-electron chi connectivity index (χ1n) is 9.80. The maximum atomic E-state index is 5.79. The molecule has 0 saturated heterocycles. The van der Waals surface area contributed by atoms with Crippen molar-refractivity contribution in [1.82, 2.24) is 5.32 Å². The molecule has 0 bridgehead atoms. The Labute approximate surface area is 154 Å². The van der Waals surface area contributed by atoms with E-state index in [1.807, 2.05) is 19.2 Å². The summed E-state index contributed by atoms with van der Waals surface area (Å²) in [7, 11) is 3.76. The highest BCUT2D eigenvalue weighted by molar-refractivity contribution is 5.26. The zero-order valence-electron chi connectivity index (χ0n) is 16.2. The van der Waals surface area contributed by atoms with Crippen molar-refractivity contribution in [3.63, 3.8) is 0 Å². The third kappa shape index (κ3) is 12.9. The Morgan fingerprint density at radius 1 is 0.760 bits per heavy atom. The molecular formula is C21H37NO3. The first-order valence-corrected chi connectivity index (χ1v) is 9.80. The molecule has 0 heterocycles. The maximum Gasteiger partial charge on any atom is 0.119 e. The fourth-order valence-electron chi connectivity index (χ4n) is 2.62. The van der Waals surface area contributed by atoms with Crippen LogP contribution in [0.15, 0.2) is 24.3 Å². The summed E-state index contributed by atoms with van der Waals surface area (Å²) < 4.78 is 16.6. The van der Waals surface area contributed by atoms with Gasteiger partial charge in [0.15, 0.2) is 0 Å². The fourth-order valence-corrected chi connectivity index (χ4v) is 2.62. The fraction of sp³-hybridized carbons (Fsp3) is 0.714. The Morgan fingerprint density at radius 3 is 2.08 bits per heavy atom. The molecule has 1 rings (SSSR count). The lowest BCUT2D eigenvalue weighted by molar-refractivity contribution is 0.115. The van der Waals surface area contributed by atoms with Crippen LogP contribution in [0.5, 0.6) is 5.75 Å². The molecule has 0 saturated carbocycles. The molecule has 0 aliphatic heterocycles. The van der Waals surface area contributed by atoms with Crippen molar-refractivity contribution in [2.24, 2.45) is 0 Å². The van der Waals surface area contributed by atoms with Gasteiger partial charge in [0.25, 0.3) is 0 Å². The zero-order valence-corrected chi connectivity index (χ0v) is 16.2. The summed E-state index contributed by atoms with van der Waals surface area (Å²) in [5.41, 5.74) is 1.21. The van der Waals surface area contributed by atoms with E-state index in [1.165, 1.54) is 37.7 Å². The predicted octanol–water partition coefficient (Wildman–Crippen LogP) is 4.57. The average Bonchev–Trinajstić information content (AvgIpc) is 2.64. The van der Waals surface area contributed by atoms with Crippen LogP contribution < -0.4 is 10.1 Å². The van der Waals surface area contributed by atoms with Gasteiger partial charge in [-0.2, -0.15) is 0 Å². The molecule has 0 amide bonds. The van der Waals surface area contributed by atoms with Gasteiger partial charge in [0.05, 0.1) is 13.2 Å². The van der Waals surface area contributed by atoms with Crippen LogP contribution in [-0.4, -0.2) is 40.5 Å². The van der Waals surface area contributed by atoms with Crippen molar-refractivity contribution in [3.05, 3.63) is 29.8 Å². The molecule has 144 valence electrons. The number of hydrogen-bond donors (Lipinski definition) is 1. The second-order valence-electron chi connectivity index (χ2n) is 6.47. The van der Waals surface area contributed by atoms with Crippen LogP contribution in [0.4, 0.5) is 0 Å². The zero-order chi connectivity index (χ0) is 18.0. The van der Waals surface area contributed by atoms with Gasteiger partial charge in [-0.3, -0.25) is 0 Å². The number of nitrogens with one attached hydrogen (secondary N) is 1.